The Morgan fingerprint density at radius 2 is 1.85 bits per heavy atom. The molecule has 0 aliphatic carbocycles. The highest BCUT2D eigenvalue weighted by atomic mass is 32.3. The van der Waals surface area contributed by atoms with Gasteiger partial charge in [-0.05, 0) is 60.4 Å². The molecule has 0 radical (unpaired) electrons. The van der Waals surface area contributed by atoms with Crippen LogP contribution in [0.5, 0.6) is 5.75 Å². The molecule has 3 aromatic rings. The normalized spacial score (nSPS) is 19.4. The summed E-state index contributed by atoms with van der Waals surface area (Å²) in [5, 5.41) is 9.50. The summed E-state index contributed by atoms with van der Waals surface area (Å²) < 4.78 is 43.9. The molecule has 0 fully saturated rings. The molecule has 1 heterocycles. The van der Waals surface area contributed by atoms with E-state index < -0.39 is 28.5 Å². The predicted octanol–water partition coefficient (Wildman–Crippen LogP) is 6.05. The molecule has 0 saturated heterocycles. The minimum Gasteiger partial charge on any atom is -0.487 e. The van der Waals surface area contributed by atoms with Gasteiger partial charge in [0, 0.05) is 12.5 Å². The number of aliphatic carboxylic acids is 1. The smallest absolute Gasteiger partial charge is 0.304 e. The van der Waals surface area contributed by atoms with Gasteiger partial charge in [0.05, 0.1) is 13.0 Å². The first-order chi connectivity index (χ1) is 16.1. The lowest BCUT2D eigenvalue weighted by Gasteiger charge is -2.42. The number of halogens is 1. The summed E-state index contributed by atoms with van der Waals surface area (Å²) in [6.07, 6.45) is -0.464. The van der Waals surface area contributed by atoms with Crippen molar-refractivity contribution < 1.29 is 28.1 Å². The summed E-state index contributed by atoms with van der Waals surface area (Å²) in [4.78, 5) is 12.0. The van der Waals surface area contributed by atoms with Crippen LogP contribution in [0.3, 0.4) is 0 Å². The van der Waals surface area contributed by atoms with Crippen LogP contribution >= 0.6 is 10.8 Å². The van der Waals surface area contributed by atoms with E-state index in [1.165, 1.54) is 12.1 Å². The number of ether oxygens (including phenoxy) is 1. The SMILES string of the molecule is Cc1ccc(C(CC(=O)O)c2cccc(F)c2)cc1CN1CC(C)Oc2ccccc2S1(O)O. The minimum absolute atomic E-state index is 0.191. The Kier molecular flexibility index (Phi) is 6.95. The highest BCUT2D eigenvalue weighted by Crippen LogP contribution is 2.57. The lowest BCUT2D eigenvalue weighted by atomic mass is 9.87. The van der Waals surface area contributed by atoms with Crippen LogP contribution in [-0.4, -0.2) is 37.1 Å². The molecule has 0 spiro atoms. The molecular weight excluding hydrogens is 457 g/mol. The first kappa shape index (κ1) is 24.2. The number of para-hydroxylation sites is 1. The maximum Gasteiger partial charge on any atom is 0.304 e. The van der Waals surface area contributed by atoms with Crippen molar-refractivity contribution in [1.82, 2.24) is 4.31 Å². The van der Waals surface area contributed by atoms with Gasteiger partial charge in [0.1, 0.15) is 22.6 Å². The largest absolute Gasteiger partial charge is 0.487 e. The summed E-state index contributed by atoms with van der Waals surface area (Å²) in [6.45, 7) is 4.32. The highest BCUT2D eigenvalue weighted by Gasteiger charge is 2.34. The van der Waals surface area contributed by atoms with E-state index in [0.29, 0.717) is 22.8 Å². The molecule has 3 N–H and O–H groups in total. The third-order valence-electron chi connectivity index (χ3n) is 6.05. The van der Waals surface area contributed by atoms with Gasteiger partial charge in [0.2, 0.25) is 0 Å². The number of nitrogens with zero attached hydrogens (tertiary/aromatic N) is 1. The number of aryl methyl sites for hydroxylation is 1. The predicted molar refractivity (Wildman–Crippen MR) is 130 cm³/mol. The van der Waals surface area contributed by atoms with Crippen LogP contribution in [0.1, 0.15) is 41.5 Å². The zero-order chi connectivity index (χ0) is 24.5. The van der Waals surface area contributed by atoms with Gasteiger partial charge in [0.15, 0.2) is 0 Å². The molecule has 1 aliphatic rings. The lowest BCUT2D eigenvalue weighted by molar-refractivity contribution is -0.137. The van der Waals surface area contributed by atoms with Gasteiger partial charge >= 0.3 is 5.97 Å². The molecule has 8 heteroatoms. The van der Waals surface area contributed by atoms with E-state index in [1.54, 1.807) is 40.7 Å². The number of carboxylic acid groups (broad SMARTS) is 1. The minimum atomic E-state index is -3.31. The molecule has 4 rings (SSSR count). The van der Waals surface area contributed by atoms with E-state index in [1.807, 2.05) is 32.0 Å². The van der Waals surface area contributed by atoms with Gasteiger partial charge in [-0.25, -0.2) is 4.39 Å². The fourth-order valence-corrected chi connectivity index (χ4v) is 5.97. The maximum absolute atomic E-state index is 13.9. The van der Waals surface area contributed by atoms with E-state index in [9.17, 15) is 23.4 Å². The fourth-order valence-electron chi connectivity index (χ4n) is 4.31. The Morgan fingerprint density at radius 3 is 2.59 bits per heavy atom. The first-order valence-electron chi connectivity index (χ1n) is 11.0. The van der Waals surface area contributed by atoms with Crippen molar-refractivity contribution in [2.75, 3.05) is 6.54 Å². The van der Waals surface area contributed by atoms with E-state index in [-0.39, 0.29) is 19.1 Å². The van der Waals surface area contributed by atoms with Crippen LogP contribution in [0.15, 0.2) is 71.6 Å². The monoisotopic (exact) mass is 485 g/mol. The Labute approximate surface area is 200 Å². The standard InChI is InChI=1S/C26H28FNO5S/c1-17-10-11-20(23(14-26(29)30)19-6-5-7-22(27)13-19)12-21(17)16-28-15-18(2)33-24-8-3-4-9-25(24)34(28,31)32/h3-13,18,23,31-32H,14-16H2,1-2H3,(H,29,30). The number of hydrogen-bond donors (Lipinski definition) is 3. The molecule has 180 valence electrons. The van der Waals surface area contributed by atoms with Crippen molar-refractivity contribution in [3.63, 3.8) is 0 Å². The van der Waals surface area contributed by atoms with Crippen LogP contribution in [0, 0.1) is 12.7 Å². The topological polar surface area (TPSA) is 90.2 Å². The van der Waals surface area contributed by atoms with Crippen molar-refractivity contribution in [3.8, 4) is 5.75 Å². The third kappa shape index (κ3) is 5.10. The van der Waals surface area contributed by atoms with Crippen LogP contribution in [0.2, 0.25) is 0 Å². The summed E-state index contributed by atoms with van der Waals surface area (Å²) in [6, 6.07) is 18.5. The molecule has 0 saturated carbocycles. The first-order valence-corrected chi connectivity index (χ1v) is 12.5. The average molecular weight is 486 g/mol. The van der Waals surface area contributed by atoms with Crippen molar-refractivity contribution in [3.05, 3.63) is 94.8 Å². The second-order valence-electron chi connectivity index (χ2n) is 8.61. The van der Waals surface area contributed by atoms with Gasteiger partial charge in [-0.2, -0.15) is 4.31 Å². The van der Waals surface area contributed by atoms with Crippen molar-refractivity contribution in [1.29, 1.82) is 0 Å². The average Bonchev–Trinajstić information content (AvgIpc) is 2.87. The molecule has 2 unspecified atom stereocenters. The van der Waals surface area contributed by atoms with Crippen LogP contribution in [0.25, 0.3) is 0 Å². The molecular formula is C26H28FNO5S. The van der Waals surface area contributed by atoms with Crippen LogP contribution in [-0.2, 0) is 11.3 Å². The van der Waals surface area contributed by atoms with Gasteiger partial charge in [-0.3, -0.25) is 13.9 Å². The van der Waals surface area contributed by atoms with Gasteiger partial charge < -0.3 is 9.84 Å². The van der Waals surface area contributed by atoms with Crippen LogP contribution < -0.4 is 4.74 Å². The molecule has 0 amide bonds. The molecule has 1 aliphatic heterocycles. The summed E-state index contributed by atoms with van der Waals surface area (Å²) >= 11 is 0. The summed E-state index contributed by atoms with van der Waals surface area (Å²) in [5.41, 5.74) is 3.06. The fraction of sp³-hybridized carbons (Fsp3) is 0.269. The second-order valence-corrected chi connectivity index (χ2v) is 10.6. The Balaban J connectivity index is 1.71. The quantitative estimate of drug-likeness (QED) is 0.394. The van der Waals surface area contributed by atoms with E-state index in [2.05, 4.69) is 0 Å². The molecule has 34 heavy (non-hydrogen) atoms. The summed E-state index contributed by atoms with van der Waals surface area (Å²) in [7, 11) is -3.31. The van der Waals surface area contributed by atoms with Gasteiger partial charge in [0.25, 0.3) is 0 Å². The zero-order valence-corrected chi connectivity index (χ0v) is 19.8. The molecule has 2 atom stereocenters. The summed E-state index contributed by atoms with van der Waals surface area (Å²) in [5.74, 6) is -1.50. The van der Waals surface area contributed by atoms with E-state index in [4.69, 9.17) is 4.74 Å². The van der Waals surface area contributed by atoms with E-state index in [0.717, 1.165) is 16.7 Å². The Hall–Kier alpha value is -2.91. The zero-order valence-electron chi connectivity index (χ0n) is 19.0. The number of carbonyl (C=O) groups is 1. The highest BCUT2D eigenvalue weighted by molar-refractivity contribution is 8.22. The number of benzene rings is 3. The Bertz CT molecular complexity index is 1200. The van der Waals surface area contributed by atoms with Gasteiger partial charge in [-0.1, -0.05) is 42.5 Å². The number of fused-ring (bicyclic) bond motifs is 1. The van der Waals surface area contributed by atoms with Crippen molar-refractivity contribution in [2.45, 2.75) is 43.7 Å². The molecule has 0 bridgehead atoms. The van der Waals surface area contributed by atoms with Crippen molar-refractivity contribution >= 4 is 16.7 Å². The maximum atomic E-state index is 13.9. The van der Waals surface area contributed by atoms with Gasteiger partial charge in [-0.15, -0.1) is 10.8 Å². The van der Waals surface area contributed by atoms with Crippen molar-refractivity contribution in [2.24, 2.45) is 0 Å². The number of hydrogen-bond acceptors (Lipinski definition) is 5. The second kappa shape index (κ2) is 9.76. The lowest BCUT2D eigenvalue weighted by Crippen LogP contribution is -2.33. The molecule has 3 aromatic carbocycles. The number of carboxylic acids is 1. The van der Waals surface area contributed by atoms with E-state index >= 15 is 0 Å². The molecule has 6 nitrogen and oxygen atoms in total. The van der Waals surface area contributed by atoms with Crippen LogP contribution in [0.4, 0.5) is 4.39 Å². The third-order valence-corrected chi connectivity index (χ3v) is 7.97. The molecule has 0 aromatic heterocycles. The number of rotatable bonds is 6. The Morgan fingerprint density at radius 1 is 1.12 bits per heavy atom.